The molecular weight excluding hydrogens is 384 g/mol. The number of hydrogen-bond acceptors (Lipinski definition) is 0. The molecule has 0 aliphatic carbocycles. The van der Waals surface area contributed by atoms with E-state index < -0.39 is 0 Å². The molecule has 0 aliphatic heterocycles. The summed E-state index contributed by atoms with van der Waals surface area (Å²) >= 11 is 0. The molecular formula is C32H34. The van der Waals surface area contributed by atoms with Crippen molar-refractivity contribution in [3.8, 4) is 0 Å². The zero-order valence-electron chi connectivity index (χ0n) is 15.4. The minimum atomic E-state index is 0. The number of rotatable bonds is 1. The molecule has 0 saturated carbocycles. The lowest BCUT2D eigenvalue weighted by Gasteiger charge is -2.14. The number of allylic oxidation sites excluding steroid dienone is 1. The van der Waals surface area contributed by atoms with Crippen molar-refractivity contribution < 1.29 is 0 Å². The fourth-order valence-corrected chi connectivity index (χ4v) is 4.73. The first-order valence-corrected chi connectivity index (χ1v) is 9.66. The van der Waals surface area contributed by atoms with Gasteiger partial charge in [0.25, 0.3) is 0 Å². The average molecular weight is 419 g/mol. The molecule has 32 heavy (non-hydrogen) atoms. The highest BCUT2D eigenvalue weighted by Crippen LogP contribution is 2.36. The van der Waals surface area contributed by atoms with Crippen molar-refractivity contribution in [2.24, 2.45) is 0 Å². The van der Waals surface area contributed by atoms with Gasteiger partial charge in [-0.15, -0.1) is 0 Å². The Hall–Kier alpha value is -3.64. The maximum Gasteiger partial charge on any atom is -0.00199 e. The second-order valence-electron chi connectivity index (χ2n) is 7.43. The standard InChI is InChI=1S/C28H18.4CH4/c1-2-8-22-25-15-18-9-3-4-10-19(18)16-26(25)24-14-7-13-23-21-12-6-5-11-20(21)17-27(22)28(23)24;;;;/h2-17H,1H2;4*1H4/b22-8+;;;;. The lowest BCUT2D eigenvalue weighted by atomic mass is 9.89. The summed E-state index contributed by atoms with van der Waals surface area (Å²) in [7, 11) is 0. The van der Waals surface area contributed by atoms with Crippen LogP contribution in [0.2, 0.25) is 0 Å². The van der Waals surface area contributed by atoms with Gasteiger partial charge in [0.15, 0.2) is 0 Å². The lowest BCUT2D eigenvalue weighted by molar-refractivity contribution is 1.75. The van der Waals surface area contributed by atoms with Gasteiger partial charge in [0, 0.05) is 0 Å². The van der Waals surface area contributed by atoms with Crippen LogP contribution in [0.4, 0.5) is 0 Å². The summed E-state index contributed by atoms with van der Waals surface area (Å²) in [6.45, 7) is 4.00. The highest BCUT2D eigenvalue weighted by atomic mass is 14.2. The lowest BCUT2D eigenvalue weighted by Crippen LogP contribution is -2.05. The van der Waals surface area contributed by atoms with E-state index in [2.05, 4.69) is 97.6 Å². The monoisotopic (exact) mass is 418 g/mol. The number of benzene rings is 6. The smallest absolute Gasteiger partial charge is 0.00199 e. The molecule has 6 aromatic carbocycles. The van der Waals surface area contributed by atoms with Gasteiger partial charge in [0.1, 0.15) is 0 Å². The minimum Gasteiger partial charge on any atom is -0.0990 e. The van der Waals surface area contributed by atoms with E-state index in [9.17, 15) is 0 Å². The SMILES string of the molecule is C.C.C.C.C=C/C=c1\c2cc3ccccc3cc2c2cccc3c4ccccc4cc1c32. The third-order valence-corrected chi connectivity index (χ3v) is 5.93. The van der Waals surface area contributed by atoms with E-state index in [1.165, 1.54) is 59.1 Å². The molecule has 0 saturated heterocycles. The first-order chi connectivity index (χ1) is 13.8. The van der Waals surface area contributed by atoms with Crippen LogP contribution in [0, 0.1) is 0 Å². The van der Waals surface area contributed by atoms with Gasteiger partial charge in [-0.1, -0.05) is 115 Å². The van der Waals surface area contributed by atoms with E-state index in [1.807, 2.05) is 6.08 Å². The van der Waals surface area contributed by atoms with Gasteiger partial charge < -0.3 is 0 Å². The highest BCUT2D eigenvalue weighted by molar-refractivity contribution is 6.28. The van der Waals surface area contributed by atoms with Gasteiger partial charge in [-0.05, 0) is 77.3 Å². The normalized spacial score (nSPS) is 11.1. The summed E-state index contributed by atoms with van der Waals surface area (Å²) in [6, 6.07) is 31.0. The second kappa shape index (κ2) is 9.24. The molecule has 0 spiro atoms. The molecule has 162 valence electrons. The fraction of sp³-hybridized carbons (Fsp3) is 0.125. The highest BCUT2D eigenvalue weighted by Gasteiger charge is 2.12. The van der Waals surface area contributed by atoms with Gasteiger partial charge in [-0.2, -0.15) is 0 Å². The third-order valence-electron chi connectivity index (χ3n) is 5.93. The first kappa shape index (κ1) is 24.6. The van der Waals surface area contributed by atoms with Gasteiger partial charge in [0.2, 0.25) is 0 Å². The Balaban J connectivity index is 0.000000907. The van der Waals surface area contributed by atoms with Gasteiger partial charge >= 0.3 is 0 Å². The van der Waals surface area contributed by atoms with Crippen molar-refractivity contribution in [3.05, 3.63) is 103 Å². The maximum atomic E-state index is 4.00. The molecule has 0 amide bonds. The van der Waals surface area contributed by atoms with Crippen molar-refractivity contribution in [1.29, 1.82) is 0 Å². The van der Waals surface area contributed by atoms with E-state index in [4.69, 9.17) is 0 Å². The van der Waals surface area contributed by atoms with Crippen LogP contribution in [0.25, 0.3) is 59.9 Å². The van der Waals surface area contributed by atoms with Gasteiger partial charge in [-0.3, -0.25) is 0 Å². The molecule has 0 bridgehead atoms. The summed E-state index contributed by atoms with van der Waals surface area (Å²) in [4.78, 5) is 0. The molecule has 0 aromatic heterocycles. The van der Waals surface area contributed by atoms with Crippen molar-refractivity contribution in [2.75, 3.05) is 0 Å². The molecule has 0 atom stereocenters. The summed E-state index contributed by atoms with van der Waals surface area (Å²) in [5.41, 5.74) is 0. The van der Waals surface area contributed by atoms with Crippen LogP contribution in [0.15, 0.2) is 97.6 Å². The maximum absolute atomic E-state index is 4.00. The first-order valence-electron chi connectivity index (χ1n) is 9.66. The van der Waals surface area contributed by atoms with Crippen LogP contribution in [0.3, 0.4) is 0 Å². The molecule has 0 aliphatic rings. The Kier molecular flexibility index (Phi) is 7.11. The molecule has 0 N–H and O–H groups in total. The van der Waals surface area contributed by atoms with Crippen molar-refractivity contribution >= 4 is 59.9 Å². The predicted octanol–water partition coefficient (Wildman–Crippen LogP) is 9.68. The Morgan fingerprint density at radius 1 is 0.469 bits per heavy atom. The third kappa shape index (κ3) is 3.33. The molecule has 6 aromatic rings. The quantitative estimate of drug-likeness (QED) is 0.184. The fourth-order valence-electron chi connectivity index (χ4n) is 4.73. The van der Waals surface area contributed by atoms with E-state index in [0.717, 1.165) is 0 Å². The largest absolute Gasteiger partial charge is 0.0990 e. The topological polar surface area (TPSA) is 0 Å². The van der Waals surface area contributed by atoms with E-state index in [1.54, 1.807) is 0 Å². The molecule has 0 heteroatoms. The number of fused-ring (bicyclic) bond motifs is 5. The van der Waals surface area contributed by atoms with Crippen molar-refractivity contribution in [1.82, 2.24) is 0 Å². The summed E-state index contributed by atoms with van der Waals surface area (Å²) < 4.78 is 0. The molecule has 6 rings (SSSR count). The van der Waals surface area contributed by atoms with E-state index in [0.29, 0.717) is 0 Å². The van der Waals surface area contributed by atoms with E-state index >= 15 is 0 Å². The summed E-state index contributed by atoms with van der Waals surface area (Å²) in [5, 5.41) is 14.3. The van der Waals surface area contributed by atoms with Crippen LogP contribution in [-0.4, -0.2) is 0 Å². The van der Waals surface area contributed by atoms with Crippen molar-refractivity contribution in [2.45, 2.75) is 29.7 Å². The molecule has 0 nitrogen and oxygen atoms in total. The second-order valence-corrected chi connectivity index (χ2v) is 7.43. The van der Waals surface area contributed by atoms with Crippen LogP contribution in [0.1, 0.15) is 29.7 Å². The Morgan fingerprint density at radius 3 is 1.62 bits per heavy atom. The predicted molar refractivity (Wildman–Crippen MR) is 151 cm³/mol. The summed E-state index contributed by atoms with van der Waals surface area (Å²) in [5.74, 6) is 0. The average Bonchev–Trinajstić information content (AvgIpc) is 2.75. The zero-order valence-corrected chi connectivity index (χ0v) is 15.4. The van der Waals surface area contributed by atoms with E-state index in [-0.39, 0.29) is 29.7 Å². The molecule has 0 unspecified atom stereocenters. The zero-order chi connectivity index (χ0) is 18.7. The Labute approximate surface area is 192 Å². The van der Waals surface area contributed by atoms with Gasteiger partial charge in [-0.25, -0.2) is 0 Å². The molecule has 0 heterocycles. The molecule has 0 radical (unpaired) electrons. The van der Waals surface area contributed by atoms with Crippen LogP contribution >= 0.6 is 0 Å². The van der Waals surface area contributed by atoms with Crippen LogP contribution < -0.4 is 5.22 Å². The van der Waals surface area contributed by atoms with Crippen molar-refractivity contribution in [3.63, 3.8) is 0 Å². The van der Waals surface area contributed by atoms with Crippen LogP contribution in [-0.2, 0) is 0 Å². The summed E-state index contributed by atoms with van der Waals surface area (Å²) in [6.07, 6.45) is 4.07. The molecule has 0 fully saturated rings. The van der Waals surface area contributed by atoms with Gasteiger partial charge in [0.05, 0.1) is 0 Å². The Bertz CT molecular complexity index is 1620. The number of hydrogen-bond donors (Lipinski definition) is 0. The Morgan fingerprint density at radius 2 is 0.969 bits per heavy atom. The van der Waals surface area contributed by atoms with Crippen LogP contribution in [0.5, 0.6) is 0 Å². The minimum absolute atomic E-state index is 0.